The fourth-order valence-electron chi connectivity index (χ4n) is 2.30. The molecule has 166 valence electrons. The maximum Gasteiger partial charge on any atom is 0.402 e. The monoisotopic (exact) mass is 424 g/mol. The molecule has 30 heavy (non-hydrogen) atoms. The summed E-state index contributed by atoms with van der Waals surface area (Å²) in [6.07, 6.45) is 3.10. The smallest absolute Gasteiger partial charge is 0.402 e. The van der Waals surface area contributed by atoms with Crippen LogP contribution in [0.15, 0.2) is 42.0 Å². The summed E-state index contributed by atoms with van der Waals surface area (Å²) < 4.78 is 10.2. The van der Waals surface area contributed by atoms with E-state index < -0.39 is 23.4 Å². The minimum absolute atomic E-state index is 0.0359. The summed E-state index contributed by atoms with van der Waals surface area (Å²) >= 11 is 0. The van der Waals surface area contributed by atoms with Crippen LogP contribution in [0.4, 0.5) is 10.5 Å². The fraction of sp³-hybridized carbons (Fsp3) is 0.350. The van der Waals surface area contributed by atoms with E-state index in [4.69, 9.17) is 29.6 Å². The van der Waals surface area contributed by atoms with Gasteiger partial charge >= 0.3 is 18.0 Å². The first kappa shape index (κ1) is 26.3. The lowest BCUT2D eigenvalue weighted by atomic mass is 9.80. The van der Waals surface area contributed by atoms with Crippen molar-refractivity contribution in [1.82, 2.24) is 0 Å². The van der Waals surface area contributed by atoms with E-state index in [-0.39, 0.29) is 12.0 Å². The summed E-state index contributed by atoms with van der Waals surface area (Å²) in [5.74, 6) is -0.460. The van der Waals surface area contributed by atoms with E-state index in [1.54, 1.807) is 14.2 Å². The Morgan fingerprint density at radius 1 is 1.10 bits per heavy atom. The van der Waals surface area contributed by atoms with Crippen molar-refractivity contribution >= 4 is 23.7 Å². The zero-order chi connectivity index (χ0) is 23.3. The molecule has 0 spiro atoms. The zero-order valence-corrected chi connectivity index (χ0v) is 17.3. The van der Waals surface area contributed by atoms with E-state index in [0.29, 0.717) is 0 Å². The molecule has 10 nitrogen and oxygen atoms in total. The number of aliphatic carboxylic acids is 2. The van der Waals surface area contributed by atoms with Crippen LogP contribution in [0.2, 0.25) is 0 Å². The number of nitrogens with one attached hydrogen (secondary N) is 1. The van der Waals surface area contributed by atoms with Gasteiger partial charge in [0, 0.05) is 36.0 Å². The minimum Gasteiger partial charge on any atom is -0.497 e. The van der Waals surface area contributed by atoms with Gasteiger partial charge in [-0.1, -0.05) is 18.2 Å². The number of rotatable bonds is 6. The molecule has 6 N–H and O–H groups in total. The van der Waals surface area contributed by atoms with Gasteiger partial charge in [-0.15, -0.1) is 0 Å². The number of carboxylic acids is 2. The highest BCUT2D eigenvalue weighted by Crippen LogP contribution is 2.31. The molecule has 1 aromatic carbocycles. The standard InChI is InChI=1S/C10H15NO2.C9H10O4.CH3NO2/c1-4-11-8-5-9(12-2)7-10(6-8)13-3;1-9(8(12)13)4-2-3-6(5-9)7(10)11;2-1(3)4/h5-7,11H,4H2,1-3H3;2-4H,5H2,1H3,(H,10,11)(H,12,13);2H2,(H,3,4). The first-order valence-corrected chi connectivity index (χ1v) is 8.79. The predicted octanol–water partition coefficient (Wildman–Crippen LogP) is 2.81. The van der Waals surface area contributed by atoms with Crippen LogP contribution in [-0.2, 0) is 9.59 Å². The van der Waals surface area contributed by atoms with Gasteiger partial charge in [-0.05, 0) is 20.3 Å². The van der Waals surface area contributed by atoms with E-state index in [1.807, 2.05) is 25.1 Å². The lowest BCUT2D eigenvalue weighted by Crippen LogP contribution is -2.28. The summed E-state index contributed by atoms with van der Waals surface area (Å²) in [4.78, 5) is 30.1. The van der Waals surface area contributed by atoms with Crippen molar-refractivity contribution < 1.29 is 39.2 Å². The van der Waals surface area contributed by atoms with E-state index in [9.17, 15) is 9.59 Å². The highest BCUT2D eigenvalue weighted by molar-refractivity contribution is 5.90. The van der Waals surface area contributed by atoms with Gasteiger partial charge in [0.15, 0.2) is 0 Å². The summed E-state index contributed by atoms with van der Waals surface area (Å²) in [5, 5.41) is 27.9. The lowest BCUT2D eigenvalue weighted by molar-refractivity contribution is -0.145. The molecule has 0 saturated carbocycles. The van der Waals surface area contributed by atoms with Gasteiger partial charge < -0.3 is 35.8 Å². The van der Waals surface area contributed by atoms with Crippen LogP contribution in [0.1, 0.15) is 20.3 Å². The molecule has 0 fully saturated rings. The molecule has 0 aliphatic heterocycles. The Kier molecular flexibility index (Phi) is 11.1. The molecule has 1 aliphatic rings. The number of methoxy groups -OCH3 is 2. The number of nitrogens with two attached hydrogens (primary N) is 1. The summed E-state index contributed by atoms with van der Waals surface area (Å²) in [6, 6.07) is 5.72. The van der Waals surface area contributed by atoms with Gasteiger partial charge in [-0.2, -0.15) is 0 Å². The Bertz CT molecular complexity index is 778. The number of amides is 1. The van der Waals surface area contributed by atoms with Crippen LogP contribution in [0.5, 0.6) is 11.5 Å². The quantitative estimate of drug-likeness (QED) is 0.461. The highest BCUT2D eigenvalue weighted by Gasteiger charge is 2.34. The van der Waals surface area contributed by atoms with E-state index >= 15 is 0 Å². The third kappa shape index (κ3) is 9.49. The van der Waals surface area contributed by atoms with Gasteiger partial charge in [0.05, 0.1) is 19.6 Å². The zero-order valence-electron chi connectivity index (χ0n) is 17.3. The number of hydrogen-bond donors (Lipinski definition) is 5. The average molecular weight is 424 g/mol. The van der Waals surface area contributed by atoms with Crippen LogP contribution >= 0.6 is 0 Å². The Morgan fingerprint density at radius 2 is 1.60 bits per heavy atom. The maximum atomic E-state index is 10.8. The van der Waals surface area contributed by atoms with Crippen LogP contribution in [0, 0.1) is 5.41 Å². The van der Waals surface area contributed by atoms with Gasteiger partial charge in [0.2, 0.25) is 0 Å². The third-order valence-electron chi connectivity index (χ3n) is 3.81. The van der Waals surface area contributed by atoms with Gasteiger partial charge in [0.1, 0.15) is 11.5 Å². The van der Waals surface area contributed by atoms with Gasteiger partial charge in [0.25, 0.3) is 0 Å². The second-order valence-electron chi connectivity index (χ2n) is 6.23. The van der Waals surface area contributed by atoms with Crippen molar-refractivity contribution in [3.63, 3.8) is 0 Å². The van der Waals surface area contributed by atoms with Crippen molar-refractivity contribution in [2.24, 2.45) is 11.1 Å². The molecule has 1 unspecified atom stereocenters. The first-order chi connectivity index (χ1) is 14.0. The van der Waals surface area contributed by atoms with Crippen LogP contribution < -0.4 is 20.5 Å². The van der Waals surface area contributed by atoms with Crippen molar-refractivity contribution in [2.45, 2.75) is 20.3 Å². The number of anilines is 1. The highest BCUT2D eigenvalue weighted by atomic mass is 16.5. The third-order valence-corrected chi connectivity index (χ3v) is 3.81. The first-order valence-electron chi connectivity index (χ1n) is 8.79. The van der Waals surface area contributed by atoms with Crippen LogP contribution in [-0.4, -0.2) is 54.1 Å². The summed E-state index contributed by atoms with van der Waals surface area (Å²) in [5.41, 5.74) is 4.09. The van der Waals surface area contributed by atoms with Crippen LogP contribution in [0.3, 0.4) is 0 Å². The molecule has 1 amide bonds. The number of benzene rings is 1. The normalized spacial score (nSPS) is 16.5. The SMILES string of the molecule is CC1(C(=O)O)C=CC=C(C(=O)O)C1.CCNc1cc(OC)cc(OC)c1.NC(=O)O. The van der Waals surface area contributed by atoms with Gasteiger partial charge in [-0.3, -0.25) is 4.79 Å². The topological polar surface area (TPSA) is 168 Å². The molecule has 0 radical (unpaired) electrons. The second kappa shape index (κ2) is 12.7. The molecular formula is C20H28N2O8. The lowest BCUT2D eigenvalue weighted by Gasteiger charge is -2.23. The van der Waals surface area contributed by atoms with Crippen molar-refractivity contribution in [1.29, 1.82) is 0 Å². The van der Waals surface area contributed by atoms with E-state index in [0.717, 1.165) is 23.7 Å². The molecule has 0 heterocycles. The Hall–Kier alpha value is -3.69. The predicted molar refractivity (Wildman–Crippen MR) is 111 cm³/mol. The number of carbonyl (C=O) groups is 3. The average Bonchev–Trinajstić information content (AvgIpc) is 2.68. The number of allylic oxidation sites excluding steroid dienone is 2. The van der Waals surface area contributed by atoms with Crippen molar-refractivity contribution in [2.75, 3.05) is 26.1 Å². The molecular weight excluding hydrogens is 396 g/mol. The fourth-order valence-corrected chi connectivity index (χ4v) is 2.30. The Morgan fingerprint density at radius 3 is 1.97 bits per heavy atom. The molecule has 0 aromatic heterocycles. The van der Waals surface area contributed by atoms with Crippen molar-refractivity contribution in [3.8, 4) is 11.5 Å². The second-order valence-corrected chi connectivity index (χ2v) is 6.23. The maximum absolute atomic E-state index is 10.8. The molecule has 0 bridgehead atoms. The van der Waals surface area contributed by atoms with Crippen LogP contribution in [0.25, 0.3) is 0 Å². The molecule has 0 saturated heterocycles. The molecule has 1 aliphatic carbocycles. The molecule has 2 rings (SSSR count). The molecule has 1 aromatic rings. The number of hydrogen-bond acceptors (Lipinski definition) is 6. The number of ether oxygens (including phenoxy) is 2. The molecule has 1 atom stereocenters. The number of carboxylic acid groups (broad SMARTS) is 3. The summed E-state index contributed by atoms with van der Waals surface area (Å²) in [7, 11) is 3.29. The van der Waals surface area contributed by atoms with E-state index in [1.165, 1.54) is 25.2 Å². The Balaban J connectivity index is 0.000000477. The summed E-state index contributed by atoms with van der Waals surface area (Å²) in [6.45, 7) is 4.43. The van der Waals surface area contributed by atoms with Crippen molar-refractivity contribution in [3.05, 3.63) is 42.0 Å². The van der Waals surface area contributed by atoms with E-state index in [2.05, 4.69) is 11.1 Å². The molecule has 10 heteroatoms. The number of primary amides is 1. The largest absolute Gasteiger partial charge is 0.497 e. The van der Waals surface area contributed by atoms with Gasteiger partial charge in [-0.25, -0.2) is 9.59 Å². The Labute approximate surface area is 174 Å². The minimum atomic E-state index is -1.33.